The quantitative estimate of drug-likeness (QED) is 0.841. The molecule has 5 nitrogen and oxygen atoms in total. The molecule has 0 N–H and O–H groups in total. The molecule has 2 aromatic rings. The van der Waals surface area contributed by atoms with Crippen molar-refractivity contribution in [2.75, 3.05) is 13.1 Å². The highest BCUT2D eigenvalue weighted by Gasteiger charge is 2.19. The number of rotatable bonds is 2. The number of aryl methyl sites for hydroxylation is 1. The Morgan fingerprint density at radius 3 is 2.86 bits per heavy atom. The first-order chi connectivity index (χ1) is 10.2. The maximum absolute atomic E-state index is 12.2. The van der Waals surface area contributed by atoms with E-state index in [0.29, 0.717) is 12.2 Å². The molecule has 0 spiro atoms. The number of hydrogen-bond acceptors (Lipinski definition) is 4. The average Bonchev–Trinajstić information content (AvgIpc) is 2.49. The van der Waals surface area contributed by atoms with E-state index in [1.807, 2.05) is 25.3 Å². The third-order valence-corrected chi connectivity index (χ3v) is 4.02. The van der Waals surface area contributed by atoms with E-state index in [4.69, 9.17) is 5.26 Å². The highest BCUT2D eigenvalue weighted by atomic mass is 16.1. The minimum absolute atomic E-state index is 0.0365. The molecular formula is C16H18N4O. The zero-order valence-corrected chi connectivity index (χ0v) is 12.1. The van der Waals surface area contributed by atoms with Crippen molar-refractivity contribution in [3.63, 3.8) is 0 Å². The maximum atomic E-state index is 12.2. The topological polar surface area (TPSA) is 61.4 Å². The van der Waals surface area contributed by atoms with Gasteiger partial charge in [0.05, 0.1) is 11.8 Å². The predicted molar refractivity (Wildman–Crippen MR) is 79.8 cm³/mol. The molecule has 3 rings (SSSR count). The van der Waals surface area contributed by atoms with Crippen LogP contribution in [0.3, 0.4) is 0 Å². The van der Waals surface area contributed by atoms with Crippen LogP contribution in [0, 0.1) is 24.2 Å². The van der Waals surface area contributed by atoms with Gasteiger partial charge in [-0.25, -0.2) is 4.98 Å². The van der Waals surface area contributed by atoms with Gasteiger partial charge in [-0.2, -0.15) is 5.26 Å². The van der Waals surface area contributed by atoms with Crippen molar-refractivity contribution in [2.24, 2.45) is 5.92 Å². The summed E-state index contributed by atoms with van der Waals surface area (Å²) in [6, 6.07) is 7.78. The first-order valence-electron chi connectivity index (χ1n) is 7.26. The second-order valence-electron chi connectivity index (χ2n) is 5.70. The van der Waals surface area contributed by atoms with Crippen LogP contribution in [0.1, 0.15) is 24.1 Å². The van der Waals surface area contributed by atoms with Crippen LogP contribution in [-0.2, 0) is 6.54 Å². The number of hydrogen-bond donors (Lipinski definition) is 0. The molecule has 0 bridgehead atoms. The molecule has 0 atom stereocenters. The normalized spacial score (nSPS) is 17.0. The molecule has 1 saturated heterocycles. The van der Waals surface area contributed by atoms with Gasteiger partial charge >= 0.3 is 0 Å². The number of nitriles is 1. The zero-order valence-electron chi connectivity index (χ0n) is 12.1. The van der Waals surface area contributed by atoms with Crippen LogP contribution < -0.4 is 5.56 Å². The molecule has 108 valence electrons. The molecule has 2 aromatic heterocycles. The highest BCUT2D eigenvalue weighted by molar-refractivity contribution is 5.39. The number of piperidine rings is 1. The third-order valence-electron chi connectivity index (χ3n) is 4.02. The summed E-state index contributed by atoms with van der Waals surface area (Å²) < 4.78 is 1.58. The van der Waals surface area contributed by atoms with E-state index in [9.17, 15) is 4.79 Å². The molecule has 0 radical (unpaired) electrons. The van der Waals surface area contributed by atoms with E-state index in [0.717, 1.165) is 37.2 Å². The molecule has 3 heterocycles. The molecule has 0 aromatic carbocycles. The third kappa shape index (κ3) is 2.96. The second kappa shape index (κ2) is 5.66. The van der Waals surface area contributed by atoms with E-state index in [2.05, 4.69) is 16.0 Å². The lowest BCUT2D eigenvalue weighted by molar-refractivity contribution is 0.196. The highest BCUT2D eigenvalue weighted by Crippen LogP contribution is 2.17. The summed E-state index contributed by atoms with van der Waals surface area (Å²) in [5.74, 6) is 0.180. The Morgan fingerprint density at radius 1 is 1.38 bits per heavy atom. The van der Waals surface area contributed by atoms with E-state index in [1.54, 1.807) is 10.5 Å². The van der Waals surface area contributed by atoms with Crippen molar-refractivity contribution in [2.45, 2.75) is 26.3 Å². The monoisotopic (exact) mass is 282 g/mol. The first kappa shape index (κ1) is 13.8. The Balaban J connectivity index is 1.81. The molecular weight excluding hydrogens is 264 g/mol. The fourth-order valence-corrected chi connectivity index (χ4v) is 2.79. The largest absolute Gasteiger partial charge is 0.297 e. The fourth-order valence-electron chi connectivity index (χ4n) is 2.79. The second-order valence-corrected chi connectivity index (χ2v) is 5.70. The van der Waals surface area contributed by atoms with Gasteiger partial charge in [0.2, 0.25) is 0 Å². The van der Waals surface area contributed by atoms with Crippen molar-refractivity contribution < 1.29 is 0 Å². The molecule has 0 aliphatic carbocycles. The van der Waals surface area contributed by atoms with E-state index >= 15 is 0 Å². The molecule has 0 unspecified atom stereocenters. The summed E-state index contributed by atoms with van der Waals surface area (Å²) in [5.41, 5.74) is 2.50. The lowest BCUT2D eigenvalue weighted by atomic mass is 9.98. The van der Waals surface area contributed by atoms with E-state index in [-0.39, 0.29) is 11.5 Å². The summed E-state index contributed by atoms with van der Waals surface area (Å²) in [6.45, 7) is 4.43. The molecule has 0 amide bonds. The maximum Gasteiger partial charge on any atom is 0.258 e. The van der Waals surface area contributed by atoms with Crippen molar-refractivity contribution >= 4 is 5.65 Å². The van der Waals surface area contributed by atoms with Gasteiger partial charge < -0.3 is 0 Å². The van der Waals surface area contributed by atoms with Gasteiger partial charge in [-0.05, 0) is 44.5 Å². The van der Waals surface area contributed by atoms with Crippen molar-refractivity contribution in [1.29, 1.82) is 5.26 Å². The molecule has 5 heteroatoms. The molecule has 1 aliphatic rings. The minimum atomic E-state index is -0.0365. The van der Waals surface area contributed by atoms with Gasteiger partial charge in [-0.1, -0.05) is 6.07 Å². The van der Waals surface area contributed by atoms with Gasteiger partial charge in [0.25, 0.3) is 5.56 Å². The van der Waals surface area contributed by atoms with Crippen LogP contribution in [-0.4, -0.2) is 27.4 Å². The van der Waals surface area contributed by atoms with Gasteiger partial charge in [0.1, 0.15) is 5.65 Å². The predicted octanol–water partition coefficient (Wildman–Crippen LogP) is 1.74. The Kier molecular flexibility index (Phi) is 3.72. The standard InChI is InChI=1S/C16H18N4O/c1-12-2-3-15-18-14(8-16(21)20(15)10-12)11-19-6-4-13(9-17)5-7-19/h2-3,8,10,13H,4-7,11H2,1H3. The lowest BCUT2D eigenvalue weighted by Gasteiger charge is -2.28. The van der Waals surface area contributed by atoms with Crippen LogP contribution in [0.25, 0.3) is 5.65 Å². The van der Waals surface area contributed by atoms with Gasteiger partial charge in [0, 0.05) is 24.7 Å². The minimum Gasteiger partial charge on any atom is -0.297 e. The molecule has 1 aliphatic heterocycles. The number of nitrogens with zero attached hydrogens (tertiary/aromatic N) is 4. The van der Waals surface area contributed by atoms with Crippen molar-refractivity contribution in [3.8, 4) is 6.07 Å². The zero-order chi connectivity index (χ0) is 14.8. The lowest BCUT2D eigenvalue weighted by Crippen LogP contribution is -2.33. The van der Waals surface area contributed by atoms with Crippen LogP contribution in [0.2, 0.25) is 0 Å². The summed E-state index contributed by atoms with van der Waals surface area (Å²) in [5, 5.41) is 8.92. The summed E-state index contributed by atoms with van der Waals surface area (Å²) in [6.07, 6.45) is 3.62. The Morgan fingerprint density at radius 2 is 2.14 bits per heavy atom. The number of aromatic nitrogens is 2. The molecule has 21 heavy (non-hydrogen) atoms. The van der Waals surface area contributed by atoms with Crippen LogP contribution in [0.4, 0.5) is 0 Å². The van der Waals surface area contributed by atoms with Gasteiger partial charge in [-0.15, -0.1) is 0 Å². The van der Waals surface area contributed by atoms with Crippen LogP contribution in [0.15, 0.2) is 29.2 Å². The Bertz CT molecular complexity index is 751. The first-order valence-corrected chi connectivity index (χ1v) is 7.26. The number of fused-ring (bicyclic) bond motifs is 1. The van der Waals surface area contributed by atoms with Crippen LogP contribution >= 0.6 is 0 Å². The smallest absolute Gasteiger partial charge is 0.258 e. The molecule has 0 saturated carbocycles. The van der Waals surface area contributed by atoms with Gasteiger partial charge in [0.15, 0.2) is 0 Å². The van der Waals surface area contributed by atoms with E-state index in [1.165, 1.54) is 0 Å². The van der Waals surface area contributed by atoms with Crippen molar-refractivity contribution in [3.05, 3.63) is 46.0 Å². The summed E-state index contributed by atoms with van der Waals surface area (Å²) in [7, 11) is 0. The van der Waals surface area contributed by atoms with E-state index < -0.39 is 0 Å². The summed E-state index contributed by atoms with van der Waals surface area (Å²) >= 11 is 0. The fraction of sp³-hybridized carbons (Fsp3) is 0.438. The van der Waals surface area contributed by atoms with Crippen molar-refractivity contribution in [1.82, 2.24) is 14.3 Å². The summed E-state index contributed by atoms with van der Waals surface area (Å²) in [4.78, 5) is 19.0. The SMILES string of the molecule is Cc1ccc2nc(CN3CCC(C#N)CC3)cc(=O)n2c1. The van der Waals surface area contributed by atoms with Gasteiger partial charge in [-0.3, -0.25) is 14.1 Å². The Labute approximate surface area is 123 Å². The molecule has 1 fully saturated rings. The Hall–Kier alpha value is -2.19. The average molecular weight is 282 g/mol. The number of pyridine rings is 1. The van der Waals surface area contributed by atoms with Crippen LogP contribution in [0.5, 0.6) is 0 Å². The number of likely N-dealkylation sites (tertiary alicyclic amines) is 1.